The van der Waals surface area contributed by atoms with Gasteiger partial charge in [-0.2, -0.15) is 0 Å². The van der Waals surface area contributed by atoms with Gasteiger partial charge in [-0.05, 0) is 35.0 Å². The lowest BCUT2D eigenvalue weighted by Crippen LogP contribution is -2.57. The topological polar surface area (TPSA) is 125 Å². The van der Waals surface area contributed by atoms with Crippen molar-refractivity contribution in [1.82, 2.24) is 24.5 Å². The summed E-state index contributed by atoms with van der Waals surface area (Å²) in [5.74, 6) is -0.847. The number of piperazine rings is 1. The van der Waals surface area contributed by atoms with Crippen molar-refractivity contribution in [1.29, 1.82) is 0 Å². The Morgan fingerprint density at radius 3 is 2.57 bits per heavy atom. The van der Waals surface area contributed by atoms with Gasteiger partial charge in [-0.15, -0.1) is 0 Å². The summed E-state index contributed by atoms with van der Waals surface area (Å²) in [7, 11) is -2.39. The monoisotopic (exact) mass is 547 g/mol. The fourth-order valence-electron chi connectivity index (χ4n) is 4.70. The number of ether oxygens (including phenoxy) is 1. The van der Waals surface area contributed by atoms with Gasteiger partial charge in [0.1, 0.15) is 18.5 Å². The SMILES string of the molecule is COCc1ncc2n1C(=O)N(N1CCN(C(=O)[C@H](O)CS(=O)(=O)c3ccc4cc(Cl)ccc4c3)CC1)C2. The Bertz CT molecular complexity index is 1470. The zero-order valence-corrected chi connectivity index (χ0v) is 21.7. The highest BCUT2D eigenvalue weighted by molar-refractivity contribution is 7.91. The number of rotatable bonds is 7. The maximum Gasteiger partial charge on any atom is 0.344 e. The minimum Gasteiger partial charge on any atom is -0.382 e. The first-order valence-electron chi connectivity index (χ1n) is 11.7. The van der Waals surface area contributed by atoms with Crippen molar-refractivity contribution in [3.8, 4) is 0 Å². The van der Waals surface area contributed by atoms with Crippen LogP contribution >= 0.6 is 11.6 Å². The Morgan fingerprint density at radius 2 is 1.84 bits per heavy atom. The van der Waals surface area contributed by atoms with Crippen molar-refractivity contribution < 1.29 is 27.9 Å². The number of fused-ring (bicyclic) bond motifs is 2. The molecule has 1 N–H and O–H groups in total. The fraction of sp³-hybridized carbons (Fsp3) is 0.375. The molecule has 3 heterocycles. The van der Waals surface area contributed by atoms with E-state index in [9.17, 15) is 23.1 Å². The second kappa shape index (κ2) is 10.0. The fourth-order valence-corrected chi connectivity index (χ4v) is 6.21. The number of amides is 2. The van der Waals surface area contributed by atoms with Gasteiger partial charge >= 0.3 is 6.03 Å². The Labute approximate surface area is 218 Å². The van der Waals surface area contributed by atoms with Gasteiger partial charge < -0.3 is 14.7 Å². The number of benzene rings is 2. The van der Waals surface area contributed by atoms with Crippen LogP contribution in [0.2, 0.25) is 5.02 Å². The highest BCUT2D eigenvalue weighted by Crippen LogP contribution is 2.25. The van der Waals surface area contributed by atoms with Crippen LogP contribution in [-0.4, -0.2) is 95.1 Å². The predicted molar refractivity (Wildman–Crippen MR) is 134 cm³/mol. The summed E-state index contributed by atoms with van der Waals surface area (Å²) in [6, 6.07) is 9.48. The molecule has 1 atom stereocenters. The molecule has 13 heteroatoms. The number of aromatic nitrogens is 2. The minimum atomic E-state index is -3.92. The third kappa shape index (κ3) is 4.94. The molecule has 11 nitrogen and oxygen atoms in total. The number of hydrazine groups is 1. The number of carbonyl (C=O) groups excluding carboxylic acids is 2. The summed E-state index contributed by atoms with van der Waals surface area (Å²) in [6.07, 6.45) is -0.0534. The van der Waals surface area contributed by atoms with E-state index in [1.807, 2.05) is 5.01 Å². The number of methoxy groups -OCH3 is 1. The molecule has 1 aromatic heterocycles. The molecule has 1 fully saturated rings. The first kappa shape index (κ1) is 25.6. The van der Waals surface area contributed by atoms with Crippen LogP contribution < -0.4 is 0 Å². The molecule has 3 aromatic rings. The zero-order valence-electron chi connectivity index (χ0n) is 20.1. The average molecular weight is 548 g/mol. The van der Waals surface area contributed by atoms with Gasteiger partial charge in [0.25, 0.3) is 5.91 Å². The van der Waals surface area contributed by atoms with Crippen molar-refractivity contribution in [2.24, 2.45) is 0 Å². The third-order valence-corrected chi connectivity index (χ3v) is 8.57. The molecule has 0 saturated carbocycles. The van der Waals surface area contributed by atoms with Crippen molar-refractivity contribution >= 4 is 44.1 Å². The van der Waals surface area contributed by atoms with Crippen LogP contribution in [0, 0.1) is 0 Å². The molecular weight excluding hydrogens is 522 g/mol. The first-order chi connectivity index (χ1) is 17.7. The molecule has 37 heavy (non-hydrogen) atoms. The van der Waals surface area contributed by atoms with Gasteiger partial charge in [0, 0.05) is 38.3 Å². The Balaban J connectivity index is 1.19. The van der Waals surface area contributed by atoms with Crippen LogP contribution in [0.5, 0.6) is 0 Å². The van der Waals surface area contributed by atoms with E-state index in [4.69, 9.17) is 16.3 Å². The standard InChI is InChI=1S/C24H26ClN5O6S/c1-36-14-22-26-12-19-13-29(24(33)30(19)22)28-8-6-27(7-9-28)23(32)21(31)15-37(34,35)20-5-3-16-10-18(25)4-2-17(16)11-20/h2-5,10-12,21,31H,6-9,13-15H2,1H3/t21-/m1/s1. The number of aliphatic hydroxyl groups is 1. The average Bonchev–Trinajstić information content (AvgIpc) is 3.43. The molecule has 2 aliphatic rings. The summed E-state index contributed by atoms with van der Waals surface area (Å²) in [6.45, 7) is 1.80. The molecule has 0 aliphatic carbocycles. The highest BCUT2D eigenvalue weighted by atomic mass is 35.5. The molecule has 196 valence electrons. The summed E-state index contributed by atoms with van der Waals surface area (Å²) in [5, 5.41) is 16.0. The summed E-state index contributed by atoms with van der Waals surface area (Å²) in [5.41, 5.74) is 0.757. The molecule has 1 saturated heterocycles. The second-order valence-electron chi connectivity index (χ2n) is 9.00. The Kier molecular flexibility index (Phi) is 6.94. The largest absolute Gasteiger partial charge is 0.382 e. The molecule has 5 rings (SSSR count). The maximum absolute atomic E-state index is 12.9. The lowest BCUT2D eigenvalue weighted by Gasteiger charge is -2.39. The van der Waals surface area contributed by atoms with E-state index in [1.165, 1.54) is 28.7 Å². The van der Waals surface area contributed by atoms with E-state index < -0.39 is 27.6 Å². The van der Waals surface area contributed by atoms with Crippen LogP contribution in [0.4, 0.5) is 4.79 Å². The first-order valence-corrected chi connectivity index (χ1v) is 13.7. The number of imidazole rings is 1. The number of nitrogens with zero attached hydrogens (tertiary/aromatic N) is 5. The Morgan fingerprint density at radius 1 is 1.14 bits per heavy atom. The zero-order chi connectivity index (χ0) is 26.3. The smallest absolute Gasteiger partial charge is 0.344 e. The van der Waals surface area contributed by atoms with Gasteiger partial charge in [-0.3, -0.25) is 9.80 Å². The molecule has 2 aromatic carbocycles. The quantitative estimate of drug-likeness (QED) is 0.472. The number of carbonyl (C=O) groups is 2. The van der Waals surface area contributed by atoms with Gasteiger partial charge in [-0.1, -0.05) is 23.7 Å². The molecule has 2 aliphatic heterocycles. The van der Waals surface area contributed by atoms with Gasteiger partial charge in [-0.25, -0.2) is 27.8 Å². The predicted octanol–water partition coefficient (Wildman–Crippen LogP) is 1.51. The van der Waals surface area contributed by atoms with Crippen LogP contribution in [0.3, 0.4) is 0 Å². The van der Waals surface area contributed by atoms with E-state index in [2.05, 4.69) is 4.98 Å². The molecule has 0 bridgehead atoms. The van der Waals surface area contributed by atoms with Gasteiger partial charge in [0.2, 0.25) is 0 Å². The van der Waals surface area contributed by atoms with Crippen molar-refractivity contribution in [3.05, 3.63) is 59.1 Å². The molecule has 0 spiro atoms. The van der Waals surface area contributed by atoms with Crippen molar-refractivity contribution in [2.45, 2.75) is 24.2 Å². The van der Waals surface area contributed by atoms with Gasteiger partial charge in [0.05, 0.1) is 29.1 Å². The minimum absolute atomic E-state index is 0.0257. The molecule has 0 unspecified atom stereocenters. The maximum atomic E-state index is 12.9. The number of halogens is 1. The van der Waals surface area contributed by atoms with Crippen LogP contribution in [-0.2, 0) is 32.5 Å². The van der Waals surface area contributed by atoms with Crippen molar-refractivity contribution in [3.63, 3.8) is 0 Å². The molecule has 0 radical (unpaired) electrons. The van der Waals surface area contributed by atoms with E-state index in [1.54, 1.807) is 35.5 Å². The van der Waals surface area contributed by atoms with Gasteiger partial charge in [0.15, 0.2) is 9.84 Å². The number of hydrogen-bond donors (Lipinski definition) is 1. The summed E-state index contributed by atoms with van der Waals surface area (Å²) in [4.78, 5) is 31.5. The number of aliphatic hydroxyl groups excluding tert-OH is 1. The number of hydrogen-bond acceptors (Lipinski definition) is 8. The molecule has 2 amide bonds. The van der Waals surface area contributed by atoms with Crippen LogP contribution in [0.25, 0.3) is 10.8 Å². The van der Waals surface area contributed by atoms with E-state index in [0.29, 0.717) is 35.9 Å². The lowest BCUT2D eigenvalue weighted by atomic mass is 10.1. The summed E-state index contributed by atoms with van der Waals surface area (Å²) < 4.78 is 32.5. The number of sulfone groups is 1. The Hall–Kier alpha value is -3.03. The highest BCUT2D eigenvalue weighted by Gasteiger charge is 2.37. The van der Waals surface area contributed by atoms with E-state index in [0.717, 1.165) is 11.1 Å². The normalized spacial score (nSPS) is 17.4. The second-order valence-corrected chi connectivity index (χ2v) is 11.5. The molecular formula is C24H26ClN5O6S. The van der Waals surface area contributed by atoms with Crippen LogP contribution in [0.1, 0.15) is 11.5 Å². The lowest BCUT2D eigenvalue weighted by molar-refractivity contribution is -0.143. The third-order valence-electron chi connectivity index (χ3n) is 6.61. The van der Waals surface area contributed by atoms with E-state index >= 15 is 0 Å². The van der Waals surface area contributed by atoms with Crippen LogP contribution in [0.15, 0.2) is 47.5 Å². The van der Waals surface area contributed by atoms with E-state index in [-0.39, 0.29) is 30.6 Å². The summed E-state index contributed by atoms with van der Waals surface area (Å²) >= 11 is 5.99. The van der Waals surface area contributed by atoms with Crippen molar-refractivity contribution in [2.75, 3.05) is 39.0 Å².